The summed E-state index contributed by atoms with van der Waals surface area (Å²) in [6.07, 6.45) is -4.64. The third-order valence-electron chi connectivity index (χ3n) is 5.25. The van der Waals surface area contributed by atoms with Gasteiger partial charge in [-0.15, -0.1) is 0 Å². The normalized spacial score (nSPS) is 11.8. The first-order valence-electron chi connectivity index (χ1n) is 9.99. The molecule has 3 aromatic carbocycles. The second-order valence-corrected chi connectivity index (χ2v) is 9.29. The van der Waals surface area contributed by atoms with E-state index in [9.17, 15) is 13.2 Å². The fraction of sp³-hybridized carbons (Fsp3) is 0.0400. The Morgan fingerprint density at radius 1 is 0.794 bits per heavy atom. The van der Waals surface area contributed by atoms with E-state index in [1.165, 1.54) is 4.68 Å². The van der Waals surface area contributed by atoms with Crippen molar-refractivity contribution in [2.45, 2.75) is 6.18 Å². The number of halogens is 6. The Labute approximate surface area is 210 Å². The molecule has 0 aliphatic heterocycles. The summed E-state index contributed by atoms with van der Waals surface area (Å²) in [6.45, 7) is 0. The summed E-state index contributed by atoms with van der Waals surface area (Å²) in [6, 6.07) is 21.2. The van der Waals surface area contributed by atoms with Crippen LogP contribution in [0.1, 0.15) is 5.56 Å². The van der Waals surface area contributed by atoms with Crippen molar-refractivity contribution in [1.29, 1.82) is 0 Å². The number of hydrogen-bond acceptors (Lipinski definition) is 2. The largest absolute Gasteiger partial charge is 0.417 e. The molecule has 0 aliphatic carbocycles. The van der Waals surface area contributed by atoms with Gasteiger partial charge < -0.3 is 0 Å². The van der Waals surface area contributed by atoms with Gasteiger partial charge in [0, 0.05) is 25.6 Å². The van der Waals surface area contributed by atoms with Crippen LogP contribution in [0.4, 0.5) is 13.2 Å². The molecule has 0 atom stereocenters. The van der Waals surface area contributed by atoms with Gasteiger partial charge in [-0.2, -0.15) is 18.3 Å². The second-order valence-electron chi connectivity index (χ2n) is 7.51. The molecule has 5 aromatic rings. The van der Waals surface area contributed by atoms with Gasteiger partial charge in [0.25, 0.3) is 0 Å². The fourth-order valence-electron chi connectivity index (χ4n) is 3.71. The molecule has 2 aromatic heterocycles. The first kappa shape index (κ1) is 22.9. The van der Waals surface area contributed by atoms with Gasteiger partial charge in [-0.1, -0.05) is 69.5 Å². The van der Waals surface area contributed by atoms with Crippen LogP contribution in [0.5, 0.6) is 0 Å². The Balaban J connectivity index is 1.89. The van der Waals surface area contributed by atoms with Gasteiger partial charge in [-0.25, -0.2) is 9.67 Å². The highest BCUT2D eigenvalue weighted by Gasteiger charge is 2.36. The standard InChI is InChI=1S/C25H13BrCl2F3N3/c26-16-8-4-14(5-9-16)21-13-20(25(29,30)31)22-23(15-6-10-17(27)11-7-15)33-34(24(22)32-21)19-3-1-2-18(28)12-19/h1-13H. The number of benzene rings is 3. The van der Waals surface area contributed by atoms with Gasteiger partial charge in [-0.05, 0) is 48.5 Å². The molecule has 9 heteroatoms. The first-order valence-corrected chi connectivity index (χ1v) is 11.5. The van der Waals surface area contributed by atoms with Crippen molar-refractivity contribution in [3.63, 3.8) is 0 Å². The van der Waals surface area contributed by atoms with Gasteiger partial charge in [0.05, 0.1) is 22.3 Å². The van der Waals surface area contributed by atoms with Crippen molar-refractivity contribution in [3.8, 4) is 28.2 Å². The molecule has 0 amide bonds. The molecule has 0 unspecified atom stereocenters. The van der Waals surface area contributed by atoms with Gasteiger partial charge in [0.2, 0.25) is 0 Å². The number of nitrogens with zero attached hydrogens (tertiary/aromatic N) is 3. The number of rotatable bonds is 3. The monoisotopic (exact) mass is 561 g/mol. The van der Waals surface area contributed by atoms with Crippen molar-refractivity contribution in [2.24, 2.45) is 0 Å². The van der Waals surface area contributed by atoms with E-state index < -0.39 is 11.7 Å². The lowest BCUT2D eigenvalue weighted by molar-refractivity contribution is -0.136. The molecule has 0 N–H and O–H groups in total. The SMILES string of the molecule is FC(F)(F)c1cc(-c2ccc(Br)cc2)nc2c1c(-c1ccc(Cl)cc1)nn2-c1cccc(Cl)c1. The van der Waals surface area contributed by atoms with Crippen LogP contribution in [0.15, 0.2) is 83.3 Å². The molecule has 5 rings (SSSR count). The van der Waals surface area contributed by atoms with Crippen molar-refractivity contribution >= 4 is 50.2 Å². The third kappa shape index (κ3) is 4.31. The highest BCUT2D eigenvalue weighted by molar-refractivity contribution is 9.10. The molecule has 0 radical (unpaired) electrons. The van der Waals surface area contributed by atoms with Crippen LogP contribution in [-0.2, 0) is 6.18 Å². The van der Waals surface area contributed by atoms with Crippen LogP contribution >= 0.6 is 39.1 Å². The van der Waals surface area contributed by atoms with E-state index in [-0.39, 0.29) is 22.4 Å². The van der Waals surface area contributed by atoms with E-state index in [0.717, 1.165) is 10.5 Å². The first-order chi connectivity index (χ1) is 16.2. The number of fused-ring (bicyclic) bond motifs is 1. The average Bonchev–Trinajstić information content (AvgIpc) is 3.18. The second kappa shape index (κ2) is 8.73. The summed E-state index contributed by atoms with van der Waals surface area (Å²) in [7, 11) is 0. The highest BCUT2D eigenvalue weighted by atomic mass is 79.9. The molecular formula is C25H13BrCl2F3N3. The Hall–Kier alpha value is -2.87. The van der Waals surface area contributed by atoms with Crippen molar-refractivity contribution < 1.29 is 13.2 Å². The van der Waals surface area contributed by atoms with Crippen LogP contribution in [0.25, 0.3) is 39.2 Å². The van der Waals surface area contributed by atoms with E-state index >= 15 is 0 Å². The number of alkyl halides is 3. The number of aromatic nitrogens is 3. The predicted octanol–water partition coefficient (Wildman–Crippen LogP) is 8.84. The number of pyridine rings is 1. The summed E-state index contributed by atoms with van der Waals surface area (Å²) in [4.78, 5) is 4.64. The molecule has 0 aliphatic rings. The lowest BCUT2D eigenvalue weighted by atomic mass is 10.0. The zero-order valence-corrected chi connectivity index (χ0v) is 20.2. The quantitative estimate of drug-likeness (QED) is 0.220. The third-order valence-corrected chi connectivity index (χ3v) is 6.27. The molecule has 0 bridgehead atoms. The van der Waals surface area contributed by atoms with Crippen molar-refractivity contribution in [1.82, 2.24) is 14.8 Å². The van der Waals surface area contributed by atoms with Crippen LogP contribution in [0.3, 0.4) is 0 Å². The Morgan fingerprint density at radius 3 is 2.12 bits per heavy atom. The molecule has 2 heterocycles. The Bertz CT molecular complexity index is 1510. The van der Waals surface area contributed by atoms with E-state index in [0.29, 0.717) is 26.9 Å². The zero-order valence-electron chi connectivity index (χ0n) is 17.1. The number of hydrogen-bond donors (Lipinski definition) is 0. The summed E-state index contributed by atoms with van der Waals surface area (Å²) < 4.78 is 45.4. The van der Waals surface area contributed by atoms with Crippen LogP contribution in [0.2, 0.25) is 10.0 Å². The lowest BCUT2D eigenvalue weighted by Gasteiger charge is -2.12. The van der Waals surface area contributed by atoms with E-state index in [4.69, 9.17) is 23.2 Å². The maximum Gasteiger partial charge on any atom is 0.417 e. The molecule has 0 saturated carbocycles. The molecule has 3 nitrogen and oxygen atoms in total. The summed E-state index contributed by atoms with van der Waals surface area (Å²) >= 11 is 15.5. The minimum atomic E-state index is -4.64. The van der Waals surface area contributed by atoms with E-state index in [1.807, 2.05) is 0 Å². The molecule has 0 fully saturated rings. The van der Waals surface area contributed by atoms with Gasteiger partial charge in [-0.3, -0.25) is 0 Å². The lowest BCUT2D eigenvalue weighted by Crippen LogP contribution is -2.08. The maximum atomic E-state index is 14.4. The van der Waals surface area contributed by atoms with Crippen LogP contribution < -0.4 is 0 Å². The maximum absolute atomic E-state index is 14.4. The van der Waals surface area contributed by atoms with Crippen LogP contribution in [0, 0.1) is 0 Å². The van der Waals surface area contributed by atoms with Crippen molar-refractivity contribution in [2.75, 3.05) is 0 Å². The van der Waals surface area contributed by atoms with E-state index in [2.05, 4.69) is 26.0 Å². The molecule has 34 heavy (non-hydrogen) atoms. The van der Waals surface area contributed by atoms with Crippen LogP contribution in [-0.4, -0.2) is 14.8 Å². The van der Waals surface area contributed by atoms with Gasteiger partial charge in [0.1, 0.15) is 5.69 Å². The van der Waals surface area contributed by atoms with E-state index in [1.54, 1.807) is 72.8 Å². The zero-order chi connectivity index (χ0) is 24.0. The average molecular weight is 563 g/mol. The summed E-state index contributed by atoms with van der Waals surface area (Å²) in [5, 5.41) is 5.36. The predicted molar refractivity (Wildman–Crippen MR) is 132 cm³/mol. The minimum Gasteiger partial charge on any atom is -0.228 e. The molecular weight excluding hydrogens is 550 g/mol. The summed E-state index contributed by atoms with van der Waals surface area (Å²) in [5.41, 5.74) is 1.09. The smallest absolute Gasteiger partial charge is 0.228 e. The van der Waals surface area contributed by atoms with Gasteiger partial charge in [0.15, 0.2) is 5.65 Å². The van der Waals surface area contributed by atoms with Gasteiger partial charge >= 0.3 is 6.18 Å². The molecule has 170 valence electrons. The fourth-order valence-corrected chi connectivity index (χ4v) is 4.28. The van der Waals surface area contributed by atoms with Crippen molar-refractivity contribution in [3.05, 3.63) is 98.9 Å². The minimum absolute atomic E-state index is 0.0694. The highest BCUT2D eigenvalue weighted by Crippen LogP contribution is 2.42. The Morgan fingerprint density at radius 2 is 1.47 bits per heavy atom. The Kier molecular flexibility index (Phi) is 5.88. The molecule has 0 saturated heterocycles. The topological polar surface area (TPSA) is 30.7 Å². The summed E-state index contributed by atoms with van der Waals surface area (Å²) in [5.74, 6) is 0. The molecule has 0 spiro atoms.